The van der Waals surface area contributed by atoms with Gasteiger partial charge in [-0.2, -0.15) is 0 Å². The number of carbonyl (C=O) groups excluding carboxylic acids is 3. The van der Waals surface area contributed by atoms with E-state index in [1.54, 1.807) is 0 Å². The van der Waals surface area contributed by atoms with Crippen molar-refractivity contribution in [2.24, 2.45) is 11.8 Å². The third-order valence-corrected chi connectivity index (χ3v) is 11.7. The van der Waals surface area contributed by atoms with Gasteiger partial charge in [-0.05, 0) is 31.1 Å². The van der Waals surface area contributed by atoms with Crippen LogP contribution in [-0.2, 0) is 28.6 Å². The van der Waals surface area contributed by atoms with Gasteiger partial charge in [-0.1, -0.05) is 247 Å². The molecule has 0 aliphatic carbocycles. The Morgan fingerprint density at radius 2 is 0.569 bits per heavy atom. The maximum absolute atomic E-state index is 12.8. The van der Waals surface area contributed by atoms with Crippen molar-refractivity contribution in [1.82, 2.24) is 0 Å². The maximum Gasteiger partial charge on any atom is 0.306 e. The lowest BCUT2D eigenvalue weighted by atomic mass is 10.0. The van der Waals surface area contributed by atoms with Crippen molar-refractivity contribution >= 4 is 17.9 Å². The zero-order chi connectivity index (χ0) is 42.6. The number of hydrogen-bond acceptors (Lipinski definition) is 6. The lowest BCUT2D eigenvalue weighted by molar-refractivity contribution is -0.167. The van der Waals surface area contributed by atoms with Crippen LogP contribution in [0, 0.1) is 11.8 Å². The van der Waals surface area contributed by atoms with Crippen LogP contribution in [0.15, 0.2) is 0 Å². The van der Waals surface area contributed by atoms with E-state index in [0.29, 0.717) is 19.3 Å². The Kier molecular flexibility index (Phi) is 43.7. The zero-order valence-electron chi connectivity index (χ0n) is 39.7. The van der Waals surface area contributed by atoms with E-state index < -0.39 is 6.10 Å². The molecule has 0 saturated carbocycles. The quantitative estimate of drug-likeness (QED) is 0.0346. The van der Waals surface area contributed by atoms with E-state index in [0.717, 1.165) is 69.6 Å². The fourth-order valence-electron chi connectivity index (χ4n) is 7.81. The molecule has 58 heavy (non-hydrogen) atoms. The van der Waals surface area contributed by atoms with Crippen LogP contribution in [0.4, 0.5) is 0 Å². The number of hydrogen-bond donors (Lipinski definition) is 0. The first-order chi connectivity index (χ1) is 28.2. The largest absolute Gasteiger partial charge is 0.462 e. The summed E-state index contributed by atoms with van der Waals surface area (Å²) in [5.74, 6) is 0.744. The van der Waals surface area contributed by atoms with Gasteiger partial charge in [0.15, 0.2) is 6.10 Å². The lowest BCUT2D eigenvalue weighted by Crippen LogP contribution is -2.30. The van der Waals surface area contributed by atoms with E-state index in [2.05, 4.69) is 34.6 Å². The third-order valence-electron chi connectivity index (χ3n) is 11.7. The van der Waals surface area contributed by atoms with Gasteiger partial charge >= 0.3 is 17.9 Å². The molecule has 0 amide bonds. The number of rotatable bonds is 46. The predicted octanol–water partition coefficient (Wildman–Crippen LogP) is 16.5. The minimum atomic E-state index is -0.762. The number of unbranched alkanes of at least 4 members (excludes halogenated alkanes) is 31. The molecule has 0 bridgehead atoms. The van der Waals surface area contributed by atoms with Crippen molar-refractivity contribution in [3.8, 4) is 0 Å². The standard InChI is InChI=1S/C52H100O6/c1-6-7-8-9-10-11-12-13-14-15-16-21-24-27-34-39-44-52(55)58-49(46-57-51(54)43-38-33-29-28-31-36-41-48(4)5)45-56-50(53)42-37-32-26-23-20-18-17-19-22-25-30-35-40-47(2)3/h47-49H,6-46H2,1-5H3/t49-/m1/s1. The summed E-state index contributed by atoms with van der Waals surface area (Å²) in [4.78, 5) is 37.9. The van der Waals surface area contributed by atoms with Gasteiger partial charge < -0.3 is 14.2 Å². The van der Waals surface area contributed by atoms with Gasteiger partial charge in [0.1, 0.15) is 13.2 Å². The number of carbonyl (C=O) groups is 3. The van der Waals surface area contributed by atoms with Gasteiger partial charge in [-0.15, -0.1) is 0 Å². The fraction of sp³-hybridized carbons (Fsp3) is 0.942. The average Bonchev–Trinajstić information content (AvgIpc) is 3.19. The highest BCUT2D eigenvalue weighted by Crippen LogP contribution is 2.17. The minimum absolute atomic E-state index is 0.0646. The first kappa shape index (κ1) is 56.4. The maximum atomic E-state index is 12.8. The highest BCUT2D eigenvalue weighted by Gasteiger charge is 2.19. The van der Waals surface area contributed by atoms with Crippen molar-refractivity contribution in [1.29, 1.82) is 0 Å². The fourth-order valence-corrected chi connectivity index (χ4v) is 7.81. The highest BCUT2D eigenvalue weighted by molar-refractivity contribution is 5.71. The molecule has 0 N–H and O–H groups in total. The first-order valence-corrected chi connectivity index (χ1v) is 25.7. The summed E-state index contributed by atoms with van der Waals surface area (Å²) in [6, 6.07) is 0. The molecular weight excluding hydrogens is 721 g/mol. The summed E-state index contributed by atoms with van der Waals surface area (Å²) in [6.45, 7) is 11.3. The predicted molar refractivity (Wildman–Crippen MR) is 247 cm³/mol. The number of ether oxygens (including phenoxy) is 3. The first-order valence-electron chi connectivity index (χ1n) is 25.7. The summed E-state index contributed by atoms with van der Waals surface area (Å²) in [7, 11) is 0. The topological polar surface area (TPSA) is 78.9 Å². The molecule has 0 radical (unpaired) electrons. The molecular formula is C52H100O6. The average molecular weight is 821 g/mol. The molecule has 344 valence electrons. The Bertz CT molecular complexity index is 885. The zero-order valence-corrected chi connectivity index (χ0v) is 39.7. The van der Waals surface area contributed by atoms with Crippen LogP contribution in [0.3, 0.4) is 0 Å². The van der Waals surface area contributed by atoms with Crippen LogP contribution in [-0.4, -0.2) is 37.2 Å². The Morgan fingerprint density at radius 3 is 0.845 bits per heavy atom. The summed E-state index contributed by atoms with van der Waals surface area (Å²) < 4.78 is 16.8. The second-order valence-corrected chi connectivity index (χ2v) is 18.8. The van der Waals surface area contributed by atoms with Crippen LogP contribution >= 0.6 is 0 Å². The van der Waals surface area contributed by atoms with Crippen molar-refractivity contribution in [3.05, 3.63) is 0 Å². The van der Waals surface area contributed by atoms with E-state index in [4.69, 9.17) is 14.2 Å². The Morgan fingerprint density at radius 1 is 0.328 bits per heavy atom. The SMILES string of the molecule is CCCCCCCCCCCCCCCCCCC(=O)O[C@H](COC(=O)CCCCCCCCCCCCCCC(C)C)COC(=O)CCCCCCCCC(C)C. The van der Waals surface area contributed by atoms with E-state index in [-0.39, 0.29) is 31.1 Å². The molecule has 0 fully saturated rings. The molecule has 0 unspecified atom stereocenters. The van der Waals surface area contributed by atoms with Crippen molar-refractivity contribution in [2.45, 2.75) is 291 Å². The molecule has 6 heteroatoms. The van der Waals surface area contributed by atoms with Gasteiger partial charge in [0.05, 0.1) is 0 Å². The van der Waals surface area contributed by atoms with Gasteiger partial charge in [-0.25, -0.2) is 0 Å². The van der Waals surface area contributed by atoms with Crippen LogP contribution in [0.25, 0.3) is 0 Å². The molecule has 0 saturated heterocycles. The van der Waals surface area contributed by atoms with E-state index >= 15 is 0 Å². The Balaban J connectivity index is 4.27. The molecule has 0 aromatic heterocycles. The van der Waals surface area contributed by atoms with E-state index in [1.807, 2.05) is 0 Å². The second-order valence-electron chi connectivity index (χ2n) is 18.8. The summed E-state index contributed by atoms with van der Waals surface area (Å²) >= 11 is 0. The molecule has 0 aromatic rings. The lowest BCUT2D eigenvalue weighted by Gasteiger charge is -2.18. The van der Waals surface area contributed by atoms with Gasteiger partial charge in [0.2, 0.25) is 0 Å². The second kappa shape index (κ2) is 44.9. The molecule has 0 rings (SSSR count). The Labute approximate surface area is 361 Å². The molecule has 1 atom stereocenters. The van der Waals surface area contributed by atoms with Gasteiger partial charge in [0, 0.05) is 19.3 Å². The molecule has 6 nitrogen and oxygen atoms in total. The summed E-state index contributed by atoms with van der Waals surface area (Å²) in [5, 5.41) is 0. The van der Waals surface area contributed by atoms with Crippen molar-refractivity contribution < 1.29 is 28.6 Å². The van der Waals surface area contributed by atoms with Crippen LogP contribution in [0.1, 0.15) is 285 Å². The van der Waals surface area contributed by atoms with E-state index in [9.17, 15) is 14.4 Å². The minimum Gasteiger partial charge on any atom is -0.462 e. The van der Waals surface area contributed by atoms with Gasteiger partial charge in [-0.3, -0.25) is 14.4 Å². The molecule has 0 heterocycles. The normalized spacial score (nSPS) is 12.1. The molecule has 0 aromatic carbocycles. The molecule has 0 aliphatic heterocycles. The number of esters is 3. The summed E-state index contributed by atoms with van der Waals surface area (Å²) in [6.07, 6.45) is 45.3. The van der Waals surface area contributed by atoms with Crippen LogP contribution < -0.4 is 0 Å². The monoisotopic (exact) mass is 821 g/mol. The third kappa shape index (κ3) is 45.5. The smallest absolute Gasteiger partial charge is 0.306 e. The van der Waals surface area contributed by atoms with Crippen molar-refractivity contribution in [3.63, 3.8) is 0 Å². The van der Waals surface area contributed by atoms with E-state index in [1.165, 1.54) is 173 Å². The molecule has 0 aliphatic rings. The summed E-state index contributed by atoms with van der Waals surface area (Å²) in [5.41, 5.74) is 0. The van der Waals surface area contributed by atoms with Gasteiger partial charge in [0.25, 0.3) is 0 Å². The van der Waals surface area contributed by atoms with Crippen LogP contribution in [0.5, 0.6) is 0 Å². The van der Waals surface area contributed by atoms with Crippen LogP contribution in [0.2, 0.25) is 0 Å². The Hall–Kier alpha value is -1.59. The molecule has 0 spiro atoms. The highest BCUT2D eigenvalue weighted by atomic mass is 16.6. The van der Waals surface area contributed by atoms with Crippen molar-refractivity contribution in [2.75, 3.05) is 13.2 Å².